The topological polar surface area (TPSA) is 22.1 Å². The van der Waals surface area contributed by atoms with Crippen LogP contribution in [0.5, 0.6) is 5.75 Å². The Balaban J connectivity index is 2.13. The fourth-order valence-electron chi connectivity index (χ4n) is 1.55. The summed E-state index contributed by atoms with van der Waals surface area (Å²) in [6.45, 7) is 2.13. The number of methoxy groups -OCH3 is 1. The van der Waals surface area contributed by atoms with Crippen LogP contribution >= 0.6 is 11.3 Å². The zero-order valence-corrected chi connectivity index (χ0v) is 10.4. The van der Waals surface area contributed by atoms with Crippen LogP contribution < -0.4 is 4.74 Å². The van der Waals surface area contributed by atoms with E-state index in [4.69, 9.17) is 4.74 Å². The summed E-state index contributed by atoms with van der Waals surface area (Å²) >= 11 is 1.73. The second kappa shape index (κ2) is 5.12. The third-order valence-electron chi connectivity index (χ3n) is 2.45. The molecule has 1 heterocycles. The van der Waals surface area contributed by atoms with Gasteiger partial charge in [0, 0.05) is 11.8 Å². The van der Waals surface area contributed by atoms with Gasteiger partial charge < -0.3 is 4.74 Å². The minimum Gasteiger partial charge on any atom is -0.497 e. The molecule has 16 heavy (non-hydrogen) atoms. The van der Waals surface area contributed by atoms with Crippen molar-refractivity contribution in [3.05, 3.63) is 45.9 Å². The Morgan fingerprint density at radius 3 is 2.94 bits per heavy atom. The summed E-state index contributed by atoms with van der Waals surface area (Å²) in [6, 6.07) is 8.15. The number of ether oxygens (including phenoxy) is 1. The van der Waals surface area contributed by atoms with Gasteiger partial charge in [0.2, 0.25) is 0 Å². The Labute approximate surface area is 99.9 Å². The van der Waals surface area contributed by atoms with Gasteiger partial charge in [-0.3, -0.25) is 0 Å². The molecule has 0 unspecified atom stereocenters. The number of aryl methyl sites for hydroxylation is 1. The second-order valence-electron chi connectivity index (χ2n) is 3.61. The molecule has 0 aliphatic carbocycles. The maximum Gasteiger partial charge on any atom is 0.119 e. The minimum absolute atomic E-state index is 0.891. The third-order valence-corrected chi connectivity index (χ3v) is 3.35. The van der Waals surface area contributed by atoms with Crippen molar-refractivity contribution in [2.75, 3.05) is 7.11 Å². The Kier molecular flexibility index (Phi) is 3.57. The lowest BCUT2D eigenvalue weighted by atomic mass is 10.1. The van der Waals surface area contributed by atoms with E-state index >= 15 is 0 Å². The number of hydrogen-bond acceptors (Lipinski definition) is 3. The zero-order valence-electron chi connectivity index (χ0n) is 9.56. The SMILES string of the molecule is CCc1csc(Cc2cccc(OC)c2)n1. The smallest absolute Gasteiger partial charge is 0.119 e. The molecule has 0 fully saturated rings. The van der Waals surface area contributed by atoms with Crippen LogP contribution in [0.3, 0.4) is 0 Å². The summed E-state index contributed by atoms with van der Waals surface area (Å²) in [5.41, 5.74) is 2.43. The highest BCUT2D eigenvalue weighted by atomic mass is 32.1. The van der Waals surface area contributed by atoms with Crippen molar-refractivity contribution in [3.63, 3.8) is 0 Å². The molecule has 0 saturated carbocycles. The average molecular weight is 233 g/mol. The molecule has 0 bridgehead atoms. The largest absolute Gasteiger partial charge is 0.497 e. The van der Waals surface area contributed by atoms with Gasteiger partial charge in [0.15, 0.2) is 0 Å². The van der Waals surface area contributed by atoms with Crippen LogP contribution in [0.4, 0.5) is 0 Å². The summed E-state index contributed by atoms with van der Waals surface area (Å²) < 4.78 is 5.20. The van der Waals surface area contributed by atoms with Crippen LogP contribution in [0, 0.1) is 0 Å². The number of aromatic nitrogens is 1. The first-order valence-electron chi connectivity index (χ1n) is 5.38. The van der Waals surface area contributed by atoms with E-state index in [-0.39, 0.29) is 0 Å². The molecule has 2 nitrogen and oxygen atoms in total. The predicted molar refractivity (Wildman–Crippen MR) is 67.3 cm³/mol. The van der Waals surface area contributed by atoms with Crippen molar-refractivity contribution in [1.29, 1.82) is 0 Å². The molecule has 0 spiro atoms. The maximum absolute atomic E-state index is 5.20. The minimum atomic E-state index is 0.891. The van der Waals surface area contributed by atoms with Crippen LogP contribution in [0.1, 0.15) is 23.2 Å². The van der Waals surface area contributed by atoms with Crippen LogP contribution in [0.2, 0.25) is 0 Å². The first-order chi connectivity index (χ1) is 7.81. The molecule has 0 aliphatic rings. The molecule has 0 amide bonds. The highest BCUT2D eigenvalue weighted by molar-refractivity contribution is 7.09. The Bertz CT molecular complexity index is 464. The third kappa shape index (κ3) is 2.61. The summed E-state index contributed by atoms with van der Waals surface area (Å²) in [5.74, 6) is 0.907. The van der Waals surface area contributed by atoms with Gasteiger partial charge in [-0.05, 0) is 24.1 Å². The molecule has 0 atom stereocenters. The quantitative estimate of drug-likeness (QED) is 0.808. The molecule has 84 valence electrons. The Hall–Kier alpha value is -1.35. The summed E-state index contributed by atoms with van der Waals surface area (Å²) in [4.78, 5) is 4.56. The van der Waals surface area contributed by atoms with E-state index in [0.717, 1.165) is 18.6 Å². The first-order valence-corrected chi connectivity index (χ1v) is 6.26. The van der Waals surface area contributed by atoms with Crippen molar-refractivity contribution < 1.29 is 4.74 Å². The van der Waals surface area contributed by atoms with E-state index in [0.29, 0.717) is 0 Å². The first kappa shape index (κ1) is 11.1. The molecule has 1 aromatic heterocycles. The molecular weight excluding hydrogens is 218 g/mol. The molecule has 1 aromatic carbocycles. The Morgan fingerprint density at radius 1 is 1.38 bits per heavy atom. The molecule has 0 aliphatic heterocycles. The molecular formula is C13H15NOS. The maximum atomic E-state index is 5.20. The lowest BCUT2D eigenvalue weighted by Crippen LogP contribution is -1.90. The van der Waals surface area contributed by atoms with Crippen LogP contribution in [-0.2, 0) is 12.8 Å². The van der Waals surface area contributed by atoms with Gasteiger partial charge in [-0.15, -0.1) is 11.3 Å². The van der Waals surface area contributed by atoms with Crippen molar-refractivity contribution >= 4 is 11.3 Å². The zero-order chi connectivity index (χ0) is 11.4. The van der Waals surface area contributed by atoms with Gasteiger partial charge in [-0.2, -0.15) is 0 Å². The van der Waals surface area contributed by atoms with E-state index < -0.39 is 0 Å². The van der Waals surface area contributed by atoms with Gasteiger partial charge in [0.05, 0.1) is 17.8 Å². The normalized spacial score (nSPS) is 10.4. The van der Waals surface area contributed by atoms with Crippen LogP contribution in [0.15, 0.2) is 29.6 Å². The Morgan fingerprint density at radius 2 is 2.25 bits per heavy atom. The number of rotatable bonds is 4. The fraction of sp³-hybridized carbons (Fsp3) is 0.308. The van der Waals surface area contributed by atoms with E-state index in [1.54, 1.807) is 18.4 Å². The monoisotopic (exact) mass is 233 g/mol. The van der Waals surface area contributed by atoms with Gasteiger partial charge >= 0.3 is 0 Å². The number of hydrogen-bond donors (Lipinski definition) is 0. The molecule has 0 radical (unpaired) electrons. The van der Waals surface area contributed by atoms with E-state index in [1.807, 2.05) is 12.1 Å². The molecule has 2 aromatic rings. The summed E-state index contributed by atoms with van der Waals surface area (Å²) in [5, 5.41) is 3.31. The number of thiazole rings is 1. The molecule has 0 N–H and O–H groups in total. The van der Waals surface area contributed by atoms with Gasteiger partial charge in [0.1, 0.15) is 5.75 Å². The van der Waals surface area contributed by atoms with Crippen LogP contribution in [-0.4, -0.2) is 12.1 Å². The van der Waals surface area contributed by atoms with E-state index in [1.165, 1.54) is 16.3 Å². The standard InChI is InChI=1S/C13H15NOS/c1-3-11-9-16-13(14-11)8-10-5-4-6-12(7-10)15-2/h4-7,9H,3,8H2,1-2H3. The summed E-state index contributed by atoms with van der Waals surface area (Å²) in [7, 11) is 1.69. The number of nitrogens with zero attached hydrogens (tertiary/aromatic N) is 1. The van der Waals surface area contributed by atoms with Gasteiger partial charge in [-0.1, -0.05) is 19.1 Å². The van der Waals surface area contributed by atoms with Crippen molar-refractivity contribution in [3.8, 4) is 5.75 Å². The molecule has 2 rings (SSSR count). The van der Waals surface area contributed by atoms with Gasteiger partial charge in [0.25, 0.3) is 0 Å². The van der Waals surface area contributed by atoms with Crippen molar-refractivity contribution in [2.24, 2.45) is 0 Å². The molecule has 3 heteroatoms. The van der Waals surface area contributed by atoms with E-state index in [2.05, 4.69) is 29.4 Å². The number of benzene rings is 1. The fourth-order valence-corrected chi connectivity index (χ4v) is 2.46. The highest BCUT2D eigenvalue weighted by Gasteiger charge is 2.02. The average Bonchev–Trinajstić information content (AvgIpc) is 2.77. The van der Waals surface area contributed by atoms with Crippen LogP contribution in [0.25, 0.3) is 0 Å². The van der Waals surface area contributed by atoms with E-state index in [9.17, 15) is 0 Å². The van der Waals surface area contributed by atoms with Crippen molar-refractivity contribution in [1.82, 2.24) is 4.98 Å². The lowest BCUT2D eigenvalue weighted by Gasteiger charge is -2.02. The van der Waals surface area contributed by atoms with Crippen molar-refractivity contribution in [2.45, 2.75) is 19.8 Å². The second-order valence-corrected chi connectivity index (χ2v) is 4.56. The predicted octanol–water partition coefficient (Wildman–Crippen LogP) is 3.30. The van der Waals surface area contributed by atoms with Gasteiger partial charge in [-0.25, -0.2) is 4.98 Å². The highest BCUT2D eigenvalue weighted by Crippen LogP contribution is 2.18. The lowest BCUT2D eigenvalue weighted by molar-refractivity contribution is 0.414. The summed E-state index contributed by atoms with van der Waals surface area (Å²) in [6.07, 6.45) is 1.90. The molecule has 0 saturated heterocycles.